The topological polar surface area (TPSA) is 43.8 Å². The fraction of sp³-hybridized carbons (Fsp3) is 0.308. The Morgan fingerprint density at radius 1 is 1.35 bits per heavy atom. The molecular weight excluding hydrogens is 217 g/mol. The summed E-state index contributed by atoms with van der Waals surface area (Å²) in [5.74, 6) is 0.566. The van der Waals surface area contributed by atoms with E-state index >= 15 is 0 Å². The van der Waals surface area contributed by atoms with E-state index in [0.717, 1.165) is 24.4 Å². The average molecular weight is 233 g/mol. The Kier molecular flexibility index (Phi) is 3.54. The van der Waals surface area contributed by atoms with E-state index in [1.807, 2.05) is 10.8 Å². The van der Waals surface area contributed by atoms with Crippen molar-refractivity contribution >= 4 is 0 Å². The number of halogens is 1. The zero-order valence-corrected chi connectivity index (χ0v) is 9.81. The summed E-state index contributed by atoms with van der Waals surface area (Å²) in [5, 5.41) is 0. The van der Waals surface area contributed by atoms with Crippen molar-refractivity contribution in [2.45, 2.75) is 25.9 Å². The van der Waals surface area contributed by atoms with Crippen LogP contribution in [0.5, 0.6) is 0 Å². The molecular formula is C13H16FN3. The van der Waals surface area contributed by atoms with Crippen LogP contribution in [-0.2, 0) is 6.54 Å². The normalized spacial score (nSPS) is 12.6. The molecule has 0 aliphatic carbocycles. The third-order valence-corrected chi connectivity index (χ3v) is 2.72. The Balaban J connectivity index is 2.26. The molecule has 90 valence electrons. The van der Waals surface area contributed by atoms with Crippen LogP contribution < -0.4 is 5.73 Å². The van der Waals surface area contributed by atoms with Gasteiger partial charge < -0.3 is 10.3 Å². The second-order valence-electron chi connectivity index (χ2n) is 4.01. The third kappa shape index (κ3) is 2.53. The number of aromatic nitrogens is 2. The van der Waals surface area contributed by atoms with Crippen LogP contribution in [0, 0.1) is 5.82 Å². The maximum absolute atomic E-state index is 12.8. The number of nitrogens with zero attached hydrogens (tertiary/aromatic N) is 2. The van der Waals surface area contributed by atoms with Crippen LogP contribution >= 0.6 is 0 Å². The summed E-state index contributed by atoms with van der Waals surface area (Å²) in [6, 6.07) is 5.93. The molecule has 1 aromatic carbocycles. The zero-order chi connectivity index (χ0) is 12.3. The van der Waals surface area contributed by atoms with Crippen molar-refractivity contribution in [3.05, 3.63) is 53.9 Å². The highest BCUT2D eigenvalue weighted by atomic mass is 19.1. The molecule has 0 amide bonds. The van der Waals surface area contributed by atoms with E-state index in [0.29, 0.717) is 0 Å². The number of aryl methyl sites for hydroxylation is 1. The third-order valence-electron chi connectivity index (χ3n) is 2.72. The van der Waals surface area contributed by atoms with Gasteiger partial charge in [-0.3, -0.25) is 0 Å². The van der Waals surface area contributed by atoms with Gasteiger partial charge in [0.05, 0.1) is 6.04 Å². The summed E-state index contributed by atoms with van der Waals surface area (Å²) in [6.07, 6.45) is 4.69. The predicted molar refractivity (Wildman–Crippen MR) is 64.9 cm³/mol. The van der Waals surface area contributed by atoms with Crippen LogP contribution in [-0.4, -0.2) is 9.55 Å². The van der Waals surface area contributed by atoms with Crippen LogP contribution in [0.15, 0.2) is 36.7 Å². The van der Waals surface area contributed by atoms with Gasteiger partial charge in [0.1, 0.15) is 11.6 Å². The first kappa shape index (κ1) is 11.8. The number of nitrogens with two attached hydrogens (primary N) is 1. The van der Waals surface area contributed by atoms with Crippen LogP contribution in [0.4, 0.5) is 4.39 Å². The van der Waals surface area contributed by atoms with Gasteiger partial charge in [-0.2, -0.15) is 0 Å². The molecule has 2 aromatic rings. The number of benzene rings is 1. The zero-order valence-electron chi connectivity index (χ0n) is 9.81. The minimum Gasteiger partial charge on any atom is -0.333 e. The van der Waals surface area contributed by atoms with Crippen molar-refractivity contribution in [2.24, 2.45) is 5.73 Å². The minimum absolute atomic E-state index is 0.252. The van der Waals surface area contributed by atoms with Crippen molar-refractivity contribution in [1.82, 2.24) is 9.55 Å². The lowest BCUT2D eigenvalue weighted by atomic mass is 10.1. The van der Waals surface area contributed by atoms with Crippen molar-refractivity contribution in [2.75, 3.05) is 0 Å². The van der Waals surface area contributed by atoms with Gasteiger partial charge >= 0.3 is 0 Å². The second-order valence-corrected chi connectivity index (χ2v) is 4.01. The lowest BCUT2D eigenvalue weighted by Gasteiger charge is -2.14. The highest BCUT2D eigenvalue weighted by molar-refractivity contribution is 5.25. The number of hydrogen-bond donors (Lipinski definition) is 1. The van der Waals surface area contributed by atoms with Crippen LogP contribution in [0.25, 0.3) is 0 Å². The van der Waals surface area contributed by atoms with Gasteiger partial charge in [-0.15, -0.1) is 0 Å². The Labute approximate surface area is 100 Å². The molecule has 0 spiro atoms. The number of imidazole rings is 1. The van der Waals surface area contributed by atoms with E-state index in [4.69, 9.17) is 5.73 Å². The average Bonchev–Trinajstić information content (AvgIpc) is 2.78. The summed E-state index contributed by atoms with van der Waals surface area (Å²) in [5.41, 5.74) is 7.01. The number of hydrogen-bond acceptors (Lipinski definition) is 2. The Morgan fingerprint density at radius 3 is 2.71 bits per heavy atom. The first-order valence-electron chi connectivity index (χ1n) is 5.74. The monoisotopic (exact) mass is 233 g/mol. The molecule has 3 nitrogen and oxygen atoms in total. The Morgan fingerprint density at radius 2 is 2.06 bits per heavy atom. The van der Waals surface area contributed by atoms with Crippen LogP contribution in [0.3, 0.4) is 0 Å². The van der Waals surface area contributed by atoms with Gasteiger partial charge in [0.15, 0.2) is 0 Å². The van der Waals surface area contributed by atoms with Crippen molar-refractivity contribution < 1.29 is 4.39 Å². The van der Waals surface area contributed by atoms with Crippen LogP contribution in [0.2, 0.25) is 0 Å². The lowest BCUT2D eigenvalue weighted by molar-refractivity contribution is 0.608. The summed E-state index contributed by atoms with van der Waals surface area (Å²) in [6.45, 7) is 3.00. The highest BCUT2D eigenvalue weighted by Gasteiger charge is 2.14. The molecule has 17 heavy (non-hydrogen) atoms. The summed E-state index contributed by atoms with van der Waals surface area (Å²) >= 11 is 0. The second kappa shape index (κ2) is 5.10. The lowest BCUT2D eigenvalue weighted by Crippen LogP contribution is -2.17. The summed E-state index contributed by atoms with van der Waals surface area (Å²) in [7, 11) is 0. The SMILES string of the molecule is CCCn1ccnc1C(N)c1ccc(F)cc1. The molecule has 0 saturated heterocycles. The van der Waals surface area contributed by atoms with Crippen LogP contribution in [0.1, 0.15) is 30.8 Å². The van der Waals surface area contributed by atoms with E-state index < -0.39 is 0 Å². The molecule has 0 aliphatic heterocycles. The molecule has 1 unspecified atom stereocenters. The van der Waals surface area contributed by atoms with Gasteiger partial charge in [-0.25, -0.2) is 9.37 Å². The molecule has 1 aromatic heterocycles. The first-order valence-corrected chi connectivity index (χ1v) is 5.74. The van der Waals surface area contributed by atoms with Gasteiger partial charge in [0.2, 0.25) is 0 Å². The predicted octanol–water partition coefficient (Wildman–Crippen LogP) is 2.48. The molecule has 0 radical (unpaired) electrons. The van der Waals surface area contributed by atoms with E-state index in [1.165, 1.54) is 12.1 Å². The summed E-state index contributed by atoms with van der Waals surface area (Å²) < 4.78 is 14.9. The van der Waals surface area contributed by atoms with E-state index in [1.54, 1.807) is 18.3 Å². The fourth-order valence-corrected chi connectivity index (χ4v) is 1.85. The molecule has 0 aliphatic rings. The molecule has 2 rings (SSSR count). The highest BCUT2D eigenvalue weighted by Crippen LogP contribution is 2.18. The van der Waals surface area contributed by atoms with Gasteiger partial charge in [0.25, 0.3) is 0 Å². The Hall–Kier alpha value is -1.68. The Bertz CT molecular complexity index is 476. The largest absolute Gasteiger partial charge is 0.333 e. The van der Waals surface area contributed by atoms with E-state index in [-0.39, 0.29) is 11.9 Å². The molecule has 4 heteroatoms. The fourth-order valence-electron chi connectivity index (χ4n) is 1.85. The maximum Gasteiger partial charge on any atom is 0.130 e. The molecule has 0 bridgehead atoms. The van der Waals surface area contributed by atoms with Gasteiger partial charge in [-0.1, -0.05) is 19.1 Å². The minimum atomic E-state index is -0.308. The van der Waals surface area contributed by atoms with E-state index in [2.05, 4.69) is 11.9 Å². The van der Waals surface area contributed by atoms with Gasteiger partial charge in [-0.05, 0) is 24.1 Å². The summed E-state index contributed by atoms with van der Waals surface area (Å²) in [4.78, 5) is 4.28. The molecule has 2 N–H and O–H groups in total. The maximum atomic E-state index is 12.8. The quantitative estimate of drug-likeness (QED) is 0.881. The number of rotatable bonds is 4. The molecule has 1 atom stereocenters. The molecule has 0 saturated carbocycles. The first-order chi connectivity index (χ1) is 8.22. The smallest absolute Gasteiger partial charge is 0.130 e. The van der Waals surface area contributed by atoms with Crippen molar-refractivity contribution in [3.8, 4) is 0 Å². The van der Waals surface area contributed by atoms with Gasteiger partial charge in [0, 0.05) is 18.9 Å². The molecule has 0 fully saturated rings. The van der Waals surface area contributed by atoms with Crippen molar-refractivity contribution in [1.29, 1.82) is 0 Å². The molecule has 1 heterocycles. The van der Waals surface area contributed by atoms with E-state index in [9.17, 15) is 4.39 Å². The van der Waals surface area contributed by atoms with Crippen molar-refractivity contribution in [3.63, 3.8) is 0 Å². The standard InChI is InChI=1S/C13H16FN3/c1-2-8-17-9-7-16-13(17)12(15)10-3-5-11(14)6-4-10/h3-7,9,12H,2,8,15H2,1H3.